The maximum Gasteiger partial charge on any atom is 0.271 e. The number of hydrogen-bond donors (Lipinski definition) is 2. The molecule has 7 heteroatoms. The lowest BCUT2D eigenvalue weighted by atomic mass is 10.1. The van der Waals surface area contributed by atoms with Gasteiger partial charge in [0.2, 0.25) is 0 Å². The SMILES string of the molecule is CC(=O)c1cccc(Nc2cnc(C(=O)NCc3ccccc3Cl)cn2)c1. The van der Waals surface area contributed by atoms with Crippen molar-refractivity contribution < 1.29 is 9.59 Å². The minimum atomic E-state index is -0.340. The van der Waals surface area contributed by atoms with E-state index in [9.17, 15) is 9.59 Å². The monoisotopic (exact) mass is 380 g/mol. The van der Waals surface area contributed by atoms with Crippen LogP contribution < -0.4 is 10.6 Å². The lowest BCUT2D eigenvalue weighted by molar-refractivity contribution is 0.0944. The van der Waals surface area contributed by atoms with Crippen LogP contribution in [0.3, 0.4) is 0 Å². The maximum absolute atomic E-state index is 12.2. The quantitative estimate of drug-likeness (QED) is 0.631. The van der Waals surface area contributed by atoms with Crippen LogP contribution in [-0.2, 0) is 6.54 Å². The van der Waals surface area contributed by atoms with Crippen molar-refractivity contribution in [3.05, 3.63) is 82.8 Å². The lowest BCUT2D eigenvalue weighted by Gasteiger charge is -2.08. The molecule has 2 aromatic carbocycles. The molecule has 6 nitrogen and oxygen atoms in total. The second-order valence-electron chi connectivity index (χ2n) is 5.82. The van der Waals surface area contributed by atoms with Crippen LogP contribution in [0.4, 0.5) is 11.5 Å². The average Bonchev–Trinajstić information content (AvgIpc) is 2.68. The lowest BCUT2D eigenvalue weighted by Crippen LogP contribution is -2.24. The standard InChI is InChI=1S/C20H17ClN4O2/c1-13(26)14-6-4-7-16(9-14)25-19-12-22-18(11-23-19)20(27)24-10-15-5-2-3-8-17(15)21/h2-9,11-12H,10H2,1H3,(H,23,25)(H,24,27). The fraction of sp³-hybridized carbons (Fsp3) is 0.100. The third kappa shape index (κ3) is 4.89. The number of anilines is 2. The van der Waals surface area contributed by atoms with E-state index in [1.807, 2.05) is 24.3 Å². The molecule has 0 aliphatic heterocycles. The minimum absolute atomic E-state index is 0.0183. The minimum Gasteiger partial charge on any atom is -0.347 e. The van der Waals surface area contributed by atoms with Gasteiger partial charge in [0.25, 0.3) is 5.91 Å². The van der Waals surface area contributed by atoms with Crippen LogP contribution in [0.1, 0.15) is 33.3 Å². The van der Waals surface area contributed by atoms with E-state index < -0.39 is 0 Å². The molecule has 1 aromatic heterocycles. The molecule has 27 heavy (non-hydrogen) atoms. The molecule has 1 amide bonds. The van der Waals surface area contributed by atoms with E-state index in [-0.39, 0.29) is 17.4 Å². The van der Waals surface area contributed by atoms with Crippen molar-refractivity contribution >= 4 is 34.8 Å². The van der Waals surface area contributed by atoms with E-state index in [1.165, 1.54) is 19.3 Å². The Kier molecular flexibility index (Phi) is 5.78. The molecule has 136 valence electrons. The molecule has 0 spiro atoms. The first kappa shape index (κ1) is 18.5. The van der Waals surface area contributed by atoms with Crippen molar-refractivity contribution in [2.24, 2.45) is 0 Å². The van der Waals surface area contributed by atoms with Crippen LogP contribution in [0.15, 0.2) is 60.9 Å². The van der Waals surface area contributed by atoms with Gasteiger partial charge >= 0.3 is 0 Å². The number of nitrogens with one attached hydrogen (secondary N) is 2. The zero-order valence-electron chi connectivity index (χ0n) is 14.6. The number of Topliss-reactive ketones (excluding diaryl/α,β-unsaturated/α-hetero) is 1. The van der Waals surface area contributed by atoms with Gasteiger partial charge in [0.15, 0.2) is 5.78 Å². The first-order valence-corrected chi connectivity index (χ1v) is 8.62. The molecule has 1 heterocycles. The average molecular weight is 381 g/mol. The zero-order valence-corrected chi connectivity index (χ0v) is 15.3. The van der Waals surface area contributed by atoms with Gasteiger partial charge in [-0.2, -0.15) is 0 Å². The van der Waals surface area contributed by atoms with Crippen molar-refractivity contribution in [2.75, 3.05) is 5.32 Å². The molecule has 0 bridgehead atoms. The molecule has 0 saturated heterocycles. The summed E-state index contributed by atoms with van der Waals surface area (Å²) in [4.78, 5) is 32.0. The molecular formula is C20H17ClN4O2. The highest BCUT2D eigenvalue weighted by atomic mass is 35.5. The van der Waals surface area contributed by atoms with Crippen LogP contribution in [0.25, 0.3) is 0 Å². The van der Waals surface area contributed by atoms with Gasteiger partial charge in [0, 0.05) is 22.8 Å². The molecule has 3 aromatic rings. The molecule has 0 saturated carbocycles. The fourth-order valence-electron chi connectivity index (χ4n) is 2.38. The molecule has 0 aliphatic carbocycles. The predicted molar refractivity (Wildman–Crippen MR) is 104 cm³/mol. The molecule has 0 aliphatic rings. The smallest absolute Gasteiger partial charge is 0.271 e. The summed E-state index contributed by atoms with van der Waals surface area (Å²) >= 11 is 6.07. The van der Waals surface area contributed by atoms with Gasteiger partial charge in [-0.05, 0) is 30.7 Å². The zero-order chi connectivity index (χ0) is 19.2. The number of ketones is 1. The number of aromatic nitrogens is 2. The Balaban J connectivity index is 1.63. The number of hydrogen-bond acceptors (Lipinski definition) is 5. The van der Waals surface area contributed by atoms with Gasteiger partial charge in [-0.25, -0.2) is 9.97 Å². The summed E-state index contributed by atoms with van der Waals surface area (Å²) < 4.78 is 0. The van der Waals surface area contributed by atoms with Crippen LogP contribution in [0.2, 0.25) is 5.02 Å². The summed E-state index contributed by atoms with van der Waals surface area (Å²) in [6.45, 7) is 1.81. The van der Waals surface area contributed by atoms with Crippen LogP contribution >= 0.6 is 11.6 Å². The van der Waals surface area contributed by atoms with E-state index in [0.717, 1.165) is 5.56 Å². The van der Waals surface area contributed by atoms with E-state index >= 15 is 0 Å². The summed E-state index contributed by atoms with van der Waals surface area (Å²) in [5.74, 6) is 0.112. The topological polar surface area (TPSA) is 84.0 Å². The first-order valence-electron chi connectivity index (χ1n) is 8.24. The molecule has 0 fully saturated rings. The summed E-state index contributed by atoms with van der Waals surface area (Å²) in [7, 11) is 0. The first-order chi connectivity index (χ1) is 13.0. The highest BCUT2D eigenvalue weighted by molar-refractivity contribution is 6.31. The van der Waals surface area contributed by atoms with E-state index in [1.54, 1.807) is 24.3 Å². The van der Waals surface area contributed by atoms with Crippen molar-refractivity contribution in [2.45, 2.75) is 13.5 Å². The third-order valence-corrected chi connectivity index (χ3v) is 4.19. The van der Waals surface area contributed by atoms with Crippen LogP contribution in [0, 0.1) is 0 Å². The predicted octanol–water partition coefficient (Wildman–Crippen LogP) is 4.01. The summed E-state index contributed by atoms with van der Waals surface area (Å²) in [6, 6.07) is 14.4. The van der Waals surface area contributed by atoms with Gasteiger partial charge in [-0.15, -0.1) is 0 Å². The number of carbonyl (C=O) groups is 2. The summed E-state index contributed by atoms with van der Waals surface area (Å²) in [5.41, 5.74) is 2.34. The Labute approximate surface area is 161 Å². The van der Waals surface area contributed by atoms with E-state index in [4.69, 9.17) is 11.6 Å². The molecule has 3 rings (SSSR count). The van der Waals surface area contributed by atoms with Gasteiger partial charge in [-0.1, -0.05) is 41.9 Å². The van der Waals surface area contributed by atoms with Crippen molar-refractivity contribution in [1.82, 2.24) is 15.3 Å². The van der Waals surface area contributed by atoms with Gasteiger partial charge in [0.1, 0.15) is 11.5 Å². The number of rotatable bonds is 6. The highest BCUT2D eigenvalue weighted by Gasteiger charge is 2.09. The number of carbonyl (C=O) groups excluding carboxylic acids is 2. The molecule has 0 radical (unpaired) electrons. The maximum atomic E-state index is 12.2. The second-order valence-corrected chi connectivity index (χ2v) is 6.23. The molecular weight excluding hydrogens is 364 g/mol. The highest BCUT2D eigenvalue weighted by Crippen LogP contribution is 2.16. The summed E-state index contributed by atoms with van der Waals surface area (Å²) in [5, 5.41) is 6.41. The van der Waals surface area contributed by atoms with Crippen molar-refractivity contribution in [3.63, 3.8) is 0 Å². The Bertz CT molecular complexity index is 974. The number of amides is 1. The van der Waals surface area contributed by atoms with Gasteiger partial charge in [-0.3, -0.25) is 9.59 Å². The van der Waals surface area contributed by atoms with E-state index in [2.05, 4.69) is 20.6 Å². The molecule has 0 unspecified atom stereocenters. The van der Waals surface area contributed by atoms with Crippen molar-refractivity contribution in [3.8, 4) is 0 Å². The normalized spacial score (nSPS) is 10.3. The fourth-order valence-corrected chi connectivity index (χ4v) is 2.58. The number of benzene rings is 2. The molecule has 2 N–H and O–H groups in total. The number of halogens is 1. The Hall–Kier alpha value is -3.25. The van der Waals surface area contributed by atoms with Gasteiger partial charge in [0.05, 0.1) is 12.4 Å². The van der Waals surface area contributed by atoms with Crippen LogP contribution in [-0.4, -0.2) is 21.7 Å². The number of nitrogens with zero attached hydrogens (tertiary/aromatic N) is 2. The van der Waals surface area contributed by atoms with Crippen LogP contribution in [0.5, 0.6) is 0 Å². The van der Waals surface area contributed by atoms with Crippen molar-refractivity contribution in [1.29, 1.82) is 0 Å². The van der Waals surface area contributed by atoms with E-state index in [0.29, 0.717) is 28.6 Å². The molecule has 0 atom stereocenters. The largest absolute Gasteiger partial charge is 0.347 e. The third-order valence-electron chi connectivity index (χ3n) is 3.82. The Morgan fingerprint density at radius 1 is 1.04 bits per heavy atom. The van der Waals surface area contributed by atoms with Gasteiger partial charge < -0.3 is 10.6 Å². The Morgan fingerprint density at radius 3 is 2.56 bits per heavy atom. The second kappa shape index (κ2) is 8.42. The Morgan fingerprint density at radius 2 is 1.85 bits per heavy atom. The summed E-state index contributed by atoms with van der Waals surface area (Å²) in [6.07, 6.45) is 2.85.